The van der Waals surface area contributed by atoms with Gasteiger partial charge in [-0.25, -0.2) is 4.98 Å². The van der Waals surface area contributed by atoms with Gasteiger partial charge in [-0.1, -0.05) is 6.42 Å². The van der Waals surface area contributed by atoms with Gasteiger partial charge >= 0.3 is 0 Å². The number of rotatable bonds is 1. The van der Waals surface area contributed by atoms with E-state index in [9.17, 15) is 0 Å². The average Bonchev–Trinajstić information content (AvgIpc) is 2.73. The third kappa shape index (κ3) is 1.78. The summed E-state index contributed by atoms with van der Waals surface area (Å²) < 4.78 is 0. The second kappa shape index (κ2) is 4.01. The molecule has 3 rings (SSSR count). The largest absolute Gasteiger partial charge is 0.399 e. The molecule has 1 aliphatic rings. The van der Waals surface area contributed by atoms with Crippen LogP contribution in [-0.2, 0) is 0 Å². The summed E-state index contributed by atoms with van der Waals surface area (Å²) >= 11 is 2.01. The molecule has 1 aromatic carbocycles. The van der Waals surface area contributed by atoms with Gasteiger partial charge in [0.15, 0.2) is 0 Å². The number of nitrogens with zero attached hydrogens (tertiary/aromatic N) is 1. The average molecular weight is 233 g/mol. The van der Waals surface area contributed by atoms with Crippen molar-refractivity contribution in [1.82, 2.24) is 9.97 Å². The fraction of sp³-hybridized carbons (Fsp3) is 0.417. The number of aromatic amines is 1. The summed E-state index contributed by atoms with van der Waals surface area (Å²) in [7, 11) is 0. The van der Waals surface area contributed by atoms with E-state index < -0.39 is 0 Å². The lowest BCUT2D eigenvalue weighted by Crippen LogP contribution is -2.03. The molecule has 2 heterocycles. The SMILES string of the molecule is Nc1ccc2nc(C3CCCCS3)[nH]c2c1. The van der Waals surface area contributed by atoms with Gasteiger partial charge in [-0.2, -0.15) is 11.8 Å². The van der Waals surface area contributed by atoms with Gasteiger partial charge in [0.25, 0.3) is 0 Å². The third-order valence-corrected chi connectivity index (χ3v) is 4.39. The highest BCUT2D eigenvalue weighted by Gasteiger charge is 2.19. The van der Waals surface area contributed by atoms with Crippen molar-refractivity contribution in [2.24, 2.45) is 0 Å². The molecule has 1 unspecified atom stereocenters. The van der Waals surface area contributed by atoms with Gasteiger partial charge in [-0.05, 0) is 36.8 Å². The smallest absolute Gasteiger partial charge is 0.120 e. The summed E-state index contributed by atoms with van der Waals surface area (Å²) in [5.74, 6) is 2.37. The standard InChI is InChI=1S/C12H15N3S/c13-8-4-5-9-10(7-8)15-12(14-9)11-3-1-2-6-16-11/h4-5,7,11H,1-3,6,13H2,(H,14,15). The second-order valence-corrected chi connectivity index (χ2v) is 5.56. The van der Waals surface area contributed by atoms with Crippen molar-refractivity contribution in [1.29, 1.82) is 0 Å². The highest BCUT2D eigenvalue weighted by atomic mass is 32.2. The summed E-state index contributed by atoms with van der Waals surface area (Å²) in [4.78, 5) is 8.04. The quantitative estimate of drug-likeness (QED) is 0.744. The fourth-order valence-electron chi connectivity index (χ4n) is 2.16. The zero-order valence-electron chi connectivity index (χ0n) is 9.07. The van der Waals surface area contributed by atoms with E-state index in [4.69, 9.17) is 5.73 Å². The number of nitrogens with two attached hydrogens (primary N) is 1. The van der Waals surface area contributed by atoms with Crippen LogP contribution in [0.4, 0.5) is 5.69 Å². The highest BCUT2D eigenvalue weighted by molar-refractivity contribution is 7.99. The molecule has 1 saturated heterocycles. The lowest BCUT2D eigenvalue weighted by molar-refractivity contribution is 0.668. The van der Waals surface area contributed by atoms with Crippen molar-refractivity contribution in [2.45, 2.75) is 24.5 Å². The molecule has 3 nitrogen and oxygen atoms in total. The van der Waals surface area contributed by atoms with E-state index in [-0.39, 0.29) is 0 Å². The molecule has 2 aromatic rings. The minimum absolute atomic E-state index is 0.544. The van der Waals surface area contributed by atoms with Crippen molar-refractivity contribution >= 4 is 28.5 Å². The third-order valence-electron chi connectivity index (χ3n) is 3.01. The Morgan fingerprint density at radius 3 is 3.12 bits per heavy atom. The van der Waals surface area contributed by atoms with Crippen LogP contribution < -0.4 is 5.73 Å². The molecule has 1 atom stereocenters. The lowest BCUT2D eigenvalue weighted by Gasteiger charge is -2.18. The van der Waals surface area contributed by atoms with Gasteiger partial charge in [0.05, 0.1) is 16.3 Å². The van der Waals surface area contributed by atoms with Gasteiger partial charge < -0.3 is 10.7 Å². The topological polar surface area (TPSA) is 54.7 Å². The van der Waals surface area contributed by atoms with Crippen LogP contribution in [0.25, 0.3) is 11.0 Å². The Morgan fingerprint density at radius 2 is 2.31 bits per heavy atom. The summed E-state index contributed by atoms with van der Waals surface area (Å²) in [6, 6.07) is 5.85. The Hall–Kier alpha value is -1.16. The Labute approximate surface area is 98.8 Å². The monoisotopic (exact) mass is 233 g/mol. The van der Waals surface area contributed by atoms with Crippen LogP contribution in [0.15, 0.2) is 18.2 Å². The van der Waals surface area contributed by atoms with E-state index >= 15 is 0 Å². The zero-order chi connectivity index (χ0) is 11.0. The van der Waals surface area contributed by atoms with Gasteiger partial charge in [0, 0.05) is 5.69 Å². The summed E-state index contributed by atoms with van der Waals surface area (Å²) in [6.45, 7) is 0. The maximum atomic E-state index is 5.76. The van der Waals surface area contributed by atoms with Crippen LogP contribution in [0.3, 0.4) is 0 Å². The molecule has 1 fully saturated rings. The van der Waals surface area contributed by atoms with E-state index in [1.54, 1.807) is 0 Å². The van der Waals surface area contributed by atoms with E-state index in [2.05, 4.69) is 9.97 Å². The maximum absolute atomic E-state index is 5.76. The van der Waals surface area contributed by atoms with Crippen LogP contribution in [0.1, 0.15) is 30.3 Å². The summed E-state index contributed by atoms with van der Waals surface area (Å²) in [5.41, 5.74) is 8.63. The lowest BCUT2D eigenvalue weighted by atomic mass is 10.2. The molecule has 0 bridgehead atoms. The number of H-pyrrole nitrogens is 1. The number of nitrogen functional groups attached to an aromatic ring is 1. The molecule has 0 saturated carbocycles. The minimum Gasteiger partial charge on any atom is -0.399 e. The van der Waals surface area contributed by atoms with Crippen molar-refractivity contribution in [3.63, 3.8) is 0 Å². The first kappa shape index (κ1) is 10.0. The van der Waals surface area contributed by atoms with Crippen molar-refractivity contribution in [3.8, 4) is 0 Å². The number of anilines is 1. The zero-order valence-corrected chi connectivity index (χ0v) is 9.89. The van der Waals surface area contributed by atoms with E-state index in [0.29, 0.717) is 5.25 Å². The van der Waals surface area contributed by atoms with Crippen LogP contribution in [0.2, 0.25) is 0 Å². The van der Waals surface area contributed by atoms with Crippen LogP contribution in [-0.4, -0.2) is 15.7 Å². The molecule has 16 heavy (non-hydrogen) atoms. The number of benzene rings is 1. The fourth-order valence-corrected chi connectivity index (χ4v) is 3.41. The minimum atomic E-state index is 0.544. The number of hydrogen-bond acceptors (Lipinski definition) is 3. The number of aromatic nitrogens is 2. The first-order valence-electron chi connectivity index (χ1n) is 5.70. The maximum Gasteiger partial charge on any atom is 0.120 e. The molecule has 1 aromatic heterocycles. The van der Waals surface area contributed by atoms with Crippen molar-refractivity contribution in [2.75, 3.05) is 11.5 Å². The number of nitrogens with one attached hydrogen (secondary N) is 1. The first-order chi connectivity index (χ1) is 7.83. The van der Waals surface area contributed by atoms with Crippen LogP contribution in [0.5, 0.6) is 0 Å². The first-order valence-corrected chi connectivity index (χ1v) is 6.74. The van der Waals surface area contributed by atoms with E-state index in [1.165, 1.54) is 25.0 Å². The molecule has 0 amide bonds. The van der Waals surface area contributed by atoms with Crippen LogP contribution in [0, 0.1) is 0 Å². The Balaban J connectivity index is 1.97. The predicted octanol–water partition coefficient (Wildman–Crippen LogP) is 3.10. The number of fused-ring (bicyclic) bond motifs is 1. The van der Waals surface area contributed by atoms with Crippen LogP contribution >= 0.6 is 11.8 Å². The normalized spacial score (nSPS) is 21.4. The molecule has 4 heteroatoms. The summed E-state index contributed by atoms with van der Waals surface area (Å²) in [6.07, 6.45) is 3.89. The van der Waals surface area contributed by atoms with E-state index in [1.807, 2.05) is 30.0 Å². The Bertz CT molecular complexity index is 500. The highest BCUT2D eigenvalue weighted by Crippen LogP contribution is 2.37. The molecule has 1 aliphatic heterocycles. The number of hydrogen-bond donors (Lipinski definition) is 2. The molecule has 84 valence electrons. The molecular weight excluding hydrogens is 218 g/mol. The van der Waals surface area contributed by atoms with Gasteiger partial charge in [0.2, 0.25) is 0 Å². The molecular formula is C12H15N3S. The second-order valence-electron chi connectivity index (χ2n) is 4.25. The molecule has 0 radical (unpaired) electrons. The van der Waals surface area contributed by atoms with Crippen molar-refractivity contribution in [3.05, 3.63) is 24.0 Å². The Morgan fingerprint density at radius 1 is 1.38 bits per heavy atom. The van der Waals surface area contributed by atoms with Crippen molar-refractivity contribution < 1.29 is 0 Å². The molecule has 0 aliphatic carbocycles. The molecule has 3 N–H and O–H groups in total. The number of thioether (sulfide) groups is 1. The molecule has 0 spiro atoms. The van der Waals surface area contributed by atoms with Gasteiger partial charge in [0.1, 0.15) is 5.82 Å². The summed E-state index contributed by atoms with van der Waals surface area (Å²) in [5, 5.41) is 0.544. The number of imidazole rings is 1. The predicted molar refractivity (Wildman–Crippen MR) is 69.6 cm³/mol. The van der Waals surface area contributed by atoms with E-state index in [0.717, 1.165) is 22.5 Å². The Kier molecular flexibility index (Phi) is 2.52. The van der Waals surface area contributed by atoms with Gasteiger partial charge in [-0.3, -0.25) is 0 Å². The van der Waals surface area contributed by atoms with Gasteiger partial charge in [-0.15, -0.1) is 0 Å².